The Balaban J connectivity index is 1.47. The Morgan fingerprint density at radius 2 is 1.72 bits per heavy atom. The molecule has 1 saturated heterocycles. The second-order valence-corrected chi connectivity index (χ2v) is 18.7. The van der Waals surface area contributed by atoms with Crippen LogP contribution in [0.25, 0.3) is 11.2 Å². The lowest BCUT2D eigenvalue weighted by Gasteiger charge is -2.30. The highest BCUT2D eigenvalue weighted by Gasteiger charge is 2.50. The van der Waals surface area contributed by atoms with Gasteiger partial charge < -0.3 is 56.0 Å². The molecule has 0 radical (unpaired) electrons. The Labute approximate surface area is 329 Å². The zero-order valence-corrected chi connectivity index (χ0v) is 34.4. The van der Waals surface area contributed by atoms with E-state index in [1.807, 2.05) is 0 Å². The van der Waals surface area contributed by atoms with Crippen LogP contribution in [-0.4, -0.2) is 134 Å². The molecule has 11 N–H and O–H groups in total. The SMILES string of the molecule is CC(C)=CC(O)CC(=O)SCCNC(=O)CCNC(=O)C(O)C(C)(C)COP(=O)(O)OP(=O)(O)OCC1OC(n2cnc3c(N)ncnc32)C(O)C1OP(=O)(O)O. The molecule has 0 aromatic carbocycles. The molecule has 0 bridgehead atoms. The molecule has 8 unspecified atom stereocenters. The lowest BCUT2D eigenvalue weighted by Crippen LogP contribution is -2.46. The number of aliphatic hydroxyl groups is 3. The number of rotatable bonds is 22. The number of aliphatic hydroxyl groups excluding tert-OH is 3. The summed E-state index contributed by atoms with van der Waals surface area (Å²) < 4.78 is 62.1. The number of anilines is 1. The predicted molar refractivity (Wildman–Crippen MR) is 197 cm³/mol. The molecular weight excluding hydrogens is 847 g/mol. The standard InChI is InChI=1S/C28H46N7O18P3S/c1-15(2)9-16(36)10-19(38)57-8-7-30-18(37)5-6-31-26(41)23(40)28(3,4)12-50-56(47,48)53-55(45,46)49-11-17-22(52-54(42,43)44)21(39)27(51-17)35-14-34-20-24(29)32-13-33-25(20)35/h9,13-14,16-17,21-23,27,36,39-40H,5-8,10-12H2,1-4H3,(H,30,37)(H,31,41)(H,45,46)(H,47,48)(H2,29,32,33)(H2,42,43,44). The Kier molecular flexibility index (Phi) is 17.5. The number of nitrogens with one attached hydrogen (secondary N) is 2. The third kappa shape index (κ3) is 15.4. The summed E-state index contributed by atoms with van der Waals surface area (Å²) in [5, 5.41) is 35.8. The van der Waals surface area contributed by atoms with Crippen molar-refractivity contribution in [2.75, 3.05) is 37.8 Å². The number of nitrogens with zero attached hydrogens (tertiary/aromatic N) is 4. The number of carbonyl (C=O) groups is 3. The quantitative estimate of drug-likeness (QED) is 0.0400. The van der Waals surface area contributed by atoms with Crippen LogP contribution in [0.2, 0.25) is 0 Å². The van der Waals surface area contributed by atoms with Crippen molar-refractivity contribution in [1.29, 1.82) is 0 Å². The number of fused-ring (bicyclic) bond motifs is 1. The molecule has 0 saturated carbocycles. The van der Waals surface area contributed by atoms with Gasteiger partial charge in [0.25, 0.3) is 0 Å². The van der Waals surface area contributed by atoms with E-state index in [0.29, 0.717) is 0 Å². The van der Waals surface area contributed by atoms with Crippen molar-refractivity contribution < 1.29 is 85.6 Å². The molecule has 322 valence electrons. The smallest absolute Gasteiger partial charge is 0.389 e. The van der Waals surface area contributed by atoms with Crippen LogP contribution in [0.1, 0.15) is 46.8 Å². The minimum Gasteiger partial charge on any atom is -0.389 e. The van der Waals surface area contributed by atoms with Crippen LogP contribution < -0.4 is 16.4 Å². The number of carbonyl (C=O) groups excluding carboxylic acids is 3. The number of amides is 2. The first kappa shape index (κ1) is 48.6. The Bertz CT molecular complexity index is 1910. The molecule has 3 rings (SSSR count). The fourth-order valence-electron chi connectivity index (χ4n) is 4.97. The first-order valence-corrected chi connectivity index (χ1v) is 22.2. The molecule has 1 fully saturated rings. The number of nitrogen functional groups attached to an aromatic ring is 1. The van der Waals surface area contributed by atoms with E-state index in [9.17, 15) is 63.0 Å². The van der Waals surface area contributed by atoms with Gasteiger partial charge in [0.15, 0.2) is 22.8 Å². The first-order valence-electron chi connectivity index (χ1n) is 16.7. The Morgan fingerprint density at radius 3 is 2.37 bits per heavy atom. The maximum atomic E-state index is 12.7. The summed E-state index contributed by atoms with van der Waals surface area (Å²) in [4.78, 5) is 87.5. The van der Waals surface area contributed by atoms with Crippen molar-refractivity contribution >= 4 is 69.1 Å². The van der Waals surface area contributed by atoms with Gasteiger partial charge in [0.05, 0.1) is 25.6 Å². The van der Waals surface area contributed by atoms with Crippen molar-refractivity contribution in [2.45, 2.75) is 77.3 Å². The molecule has 0 spiro atoms. The summed E-state index contributed by atoms with van der Waals surface area (Å²) in [6, 6.07) is 0. The number of thioether (sulfide) groups is 1. The number of nitrogens with two attached hydrogens (primary N) is 1. The zero-order chi connectivity index (χ0) is 42.9. The van der Waals surface area contributed by atoms with Gasteiger partial charge in [-0.2, -0.15) is 4.31 Å². The van der Waals surface area contributed by atoms with Crippen LogP contribution in [0.15, 0.2) is 24.3 Å². The lowest BCUT2D eigenvalue weighted by molar-refractivity contribution is -0.137. The van der Waals surface area contributed by atoms with Crippen molar-refractivity contribution in [1.82, 2.24) is 30.2 Å². The molecular formula is C28H46N7O18P3S. The summed E-state index contributed by atoms with van der Waals surface area (Å²) in [6.45, 7) is 3.91. The topological polar surface area (TPSA) is 384 Å². The average molecular weight is 894 g/mol. The fraction of sp³-hybridized carbons (Fsp3) is 0.643. The van der Waals surface area contributed by atoms with E-state index in [4.69, 9.17) is 19.5 Å². The van der Waals surface area contributed by atoms with Gasteiger partial charge >= 0.3 is 23.5 Å². The van der Waals surface area contributed by atoms with E-state index in [1.54, 1.807) is 19.9 Å². The Hall–Kier alpha value is -2.74. The third-order valence-corrected chi connectivity index (χ3v) is 11.7. The number of phosphoric acid groups is 3. The number of hydrogen-bond acceptors (Lipinski definition) is 19. The minimum atomic E-state index is -5.58. The average Bonchev–Trinajstić information content (AvgIpc) is 3.64. The maximum Gasteiger partial charge on any atom is 0.481 e. The number of imidazole rings is 1. The van der Waals surface area contributed by atoms with E-state index >= 15 is 0 Å². The molecule has 3 heterocycles. The van der Waals surface area contributed by atoms with Gasteiger partial charge in [0, 0.05) is 37.1 Å². The van der Waals surface area contributed by atoms with Crippen molar-refractivity contribution in [2.24, 2.45) is 5.41 Å². The molecule has 57 heavy (non-hydrogen) atoms. The molecule has 2 aromatic rings. The van der Waals surface area contributed by atoms with Crippen LogP contribution in [0.3, 0.4) is 0 Å². The number of ether oxygens (including phenoxy) is 1. The van der Waals surface area contributed by atoms with Gasteiger partial charge in [-0.05, 0) is 13.8 Å². The molecule has 1 aliphatic heterocycles. The summed E-state index contributed by atoms with van der Waals surface area (Å²) in [7, 11) is -16.4. The lowest BCUT2D eigenvalue weighted by atomic mass is 9.87. The number of allylic oxidation sites excluding steroid dienone is 1. The summed E-state index contributed by atoms with van der Waals surface area (Å²) in [5.74, 6) is -1.28. The summed E-state index contributed by atoms with van der Waals surface area (Å²) in [6.07, 6.45) is -6.43. The Morgan fingerprint density at radius 1 is 1.05 bits per heavy atom. The largest absolute Gasteiger partial charge is 0.481 e. The molecule has 1 aliphatic rings. The van der Waals surface area contributed by atoms with Gasteiger partial charge in [-0.3, -0.25) is 32.5 Å². The second kappa shape index (κ2) is 20.5. The van der Waals surface area contributed by atoms with Gasteiger partial charge in [0.1, 0.15) is 36.3 Å². The highest BCUT2D eigenvalue weighted by Crippen LogP contribution is 2.61. The summed E-state index contributed by atoms with van der Waals surface area (Å²) in [5.41, 5.74) is 5.09. The monoisotopic (exact) mass is 893 g/mol. The van der Waals surface area contributed by atoms with Gasteiger partial charge in [-0.1, -0.05) is 37.3 Å². The van der Waals surface area contributed by atoms with Crippen LogP contribution in [0.5, 0.6) is 0 Å². The van der Waals surface area contributed by atoms with E-state index in [1.165, 1.54) is 13.8 Å². The fourth-order valence-corrected chi connectivity index (χ4v) is 8.52. The van der Waals surface area contributed by atoms with E-state index in [0.717, 1.165) is 34.6 Å². The molecule has 0 aliphatic carbocycles. The molecule has 2 amide bonds. The van der Waals surface area contributed by atoms with Crippen LogP contribution in [0, 0.1) is 5.41 Å². The van der Waals surface area contributed by atoms with Crippen molar-refractivity contribution in [3.8, 4) is 0 Å². The predicted octanol–water partition coefficient (Wildman–Crippen LogP) is -0.618. The van der Waals surface area contributed by atoms with Crippen LogP contribution in [0.4, 0.5) is 5.82 Å². The maximum absolute atomic E-state index is 12.7. The highest BCUT2D eigenvalue weighted by molar-refractivity contribution is 8.13. The molecule has 29 heteroatoms. The zero-order valence-electron chi connectivity index (χ0n) is 30.9. The second-order valence-electron chi connectivity index (χ2n) is 13.3. The van der Waals surface area contributed by atoms with Crippen LogP contribution in [-0.2, 0) is 50.7 Å². The van der Waals surface area contributed by atoms with Gasteiger partial charge in [0.2, 0.25) is 11.8 Å². The van der Waals surface area contributed by atoms with E-state index in [-0.39, 0.29) is 53.8 Å². The first-order chi connectivity index (χ1) is 26.3. The van der Waals surface area contributed by atoms with Crippen LogP contribution >= 0.6 is 35.2 Å². The number of aromatic nitrogens is 4. The molecule has 25 nitrogen and oxygen atoms in total. The van der Waals surface area contributed by atoms with Gasteiger partial charge in [-0.15, -0.1) is 0 Å². The van der Waals surface area contributed by atoms with E-state index in [2.05, 4.69) is 34.4 Å². The minimum absolute atomic E-state index is 0.0251. The molecule has 2 aromatic heterocycles. The number of hydrogen-bond donors (Lipinski definition) is 10. The van der Waals surface area contributed by atoms with E-state index < -0.39 is 90.7 Å². The van der Waals surface area contributed by atoms with Crippen molar-refractivity contribution in [3.05, 3.63) is 24.3 Å². The normalized spacial score (nSPS) is 21.9. The third-order valence-electron chi connectivity index (χ3n) is 7.67. The summed E-state index contributed by atoms with van der Waals surface area (Å²) >= 11 is 0.936. The van der Waals surface area contributed by atoms with Crippen molar-refractivity contribution in [3.63, 3.8) is 0 Å². The molecule has 8 atom stereocenters. The highest BCUT2D eigenvalue weighted by atomic mass is 32.2. The van der Waals surface area contributed by atoms with Gasteiger partial charge in [-0.25, -0.2) is 28.6 Å². The number of phosphoric ester groups is 3.